The minimum atomic E-state index is -2.08. The number of ether oxygens (including phenoxy) is 4. The lowest BCUT2D eigenvalue weighted by atomic mass is 9.77. The molecule has 2 fully saturated rings. The van der Waals surface area contributed by atoms with Gasteiger partial charge >= 0.3 is 5.97 Å². The van der Waals surface area contributed by atoms with E-state index in [4.69, 9.17) is 18.9 Å². The van der Waals surface area contributed by atoms with Crippen molar-refractivity contribution in [3.63, 3.8) is 0 Å². The van der Waals surface area contributed by atoms with E-state index in [9.17, 15) is 30.3 Å². The normalized spacial score (nSPS) is 30.5. The average molecular weight is 855 g/mol. The standard InChI is InChI=1S/C46H50N2O10S2/c1-26-7-9-28(34-6-4-3-5-33(26)34)10-8-27(2)36-21-48-24-46(54)43(56-25-60-59-23-38(36)30-17-18-47-20-30)41(51)42(44(52)53)58-45(46)57-32-15-16-35-39(19-32)55-22-37(40(35)50)29-11-13-31(49)14-12-29/h3-7,9-17,19-20,26-27,36,38,41-43,45,48-51,54H,8,18,21-25H2,1-2H3,(H,52,53). The van der Waals surface area contributed by atoms with Crippen LogP contribution in [0.1, 0.15) is 48.4 Å². The number of aliphatic imine (C=N–C) groups is 1. The molecule has 0 saturated carbocycles. The Bertz CT molecular complexity index is 2220. The smallest absolute Gasteiger partial charge is 0.335 e. The molecule has 9 atom stereocenters. The molecule has 4 aliphatic heterocycles. The Hall–Kier alpha value is -4.54. The van der Waals surface area contributed by atoms with Gasteiger partial charge in [0.15, 0.2) is 11.7 Å². The second kappa shape index (κ2) is 18.2. The lowest BCUT2D eigenvalue weighted by molar-refractivity contribution is -0.316. The molecule has 0 bridgehead atoms. The number of allylic oxidation sites excluding steroid dienone is 5. The van der Waals surface area contributed by atoms with Gasteiger partial charge in [-0.15, -0.1) is 0 Å². The highest BCUT2D eigenvalue weighted by molar-refractivity contribution is 8.76. The van der Waals surface area contributed by atoms with Crippen LogP contribution in [0.3, 0.4) is 0 Å². The molecular weight excluding hydrogens is 805 g/mol. The summed E-state index contributed by atoms with van der Waals surface area (Å²) in [6.07, 6.45) is 5.22. The highest BCUT2D eigenvalue weighted by Crippen LogP contribution is 2.42. The second-order valence-electron chi connectivity index (χ2n) is 16.0. The Morgan fingerprint density at radius 1 is 1.10 bits per heavy atom. The molecular formula is C46H50N2O10S2. The van der Waals surface area contributed by atoms with Crippen molar-refractivity contribution in [2.45, 2.75) is 56.4 Å². The summed E-state index contributed by atoms with van der Waals surface area (Å²) < 4.78 is 24.4. The topological polar surface area (TPSA) is 180 Å². The highest BCUT2D eigenvalue weighted by atomic mass is 33.1. The molecule has 316 valence electrons. The van der Waals surface area contributed by atoms with E-state index in [1.165, 1.54) is 51.3 Å². The van der Waals surface area contributed by atoms with Crippen molar-refractivity contribution in [1.82, 2.24) is 5.32 Å². The molecule has 0 spiro atoms. The first-order valence-electron chi connectivity index (χ1n) is 20.2. The first kappa shape index (κ1) is 42.2. The number of benzene rings is 3. The third-order valence-corrected chi connectivity index (χ3v) is 14.3. The Balaban J connectivity index is 1.07. The van der Waals surface area contributed by atoms with Crippen molar-refractivity contribution in [2.24, 2.45) is 22.7 Å². The molecule has 3 aromatic rings. The summed E-state index contributed by atoms with van der Waals surface area (Å²) >= 11 is 0. The number of aliphatic hydroxyl groups is 3. The number of carbonyl (C=O) groups is 1. The summed E-state index contributed by atoms with van der Waals surface area (Å²) in [4.78, 5) is 17.0. The fourth-order valence-corrected chi connectivity index (χ4v) is 10.8. The first-order valence-corrected chi connectivity index (χ1v) is 22.7. The van der Waals surface area contributed by atoms with Crippen molar-refractivity contribution in [2.75, 3.05) is 37.9 Å². The summed E-state index contributed by atoms with van der Waals surface area (Å²) in [5.74, 6) is 0.683. The van der Waals surface area contributed by atoms with Crippen molar-refractivity contribution in [1.29, 1.82) is 0 Å². The van der Waals surface area contributed by atoms with Crippen LogP contribution in [0.15, 0.2) is 102 Å². The van der Waals surface area contributed by atoms with E-state index in [0.717, 1.165) is 12.2 Å². The number of carboxylic acids is 1. The van der Waals surface area contributed by atoms with Gasteiger partial charge in [0.05, 0.1) is 12.1 Å². The Labute approximate surface area is 357 Å². The predicted molar refractivity (Wildman–Crippen MR) is 234 cm³/mol. The van der Waals surface area contributed by atoms with E-state index in [1.54, 1.807) is 35.1 Å². The Kier molecular flexibility index (Phi) is 12.8. The summed E-state index contributed by atoms with van der Waals surface area (Å²) in [5, 5.41) is 58.7. The summed E-state index contributed by atoms with van der Waals surface area (Å²) in [7, 11) is 3.06. The third-order valence-electron chi connectivity index (χ3n) is 12.2. The predicted octanol–water partition coefficient (Wildman–Crippen LogP) is 6.84. The van der Waals surface area contributed by atoms with Gasteiger partial charge < -0.3 is 49.8 Å². The molecule has 0 radical (unpaired) electrons. The minimum Gasteiger partial charge on any atom is -0.508 e. The van der Waals surface area contributed by atoms with Crippen LogP contribution in [0.5, 0.6) is 17.2 Å². The van der Waals surface area contributed by atoms with Crippen LogP contribution in [-0.2, 0) is 14.3 Å². The van der Waals surface area contributed by atoms with Gasteiger partial charge in [-0.1, -0.05) is 96.1 Å². The number of fused-ring (bicyclic) bond motifs is 3. The first-order chi connectivity index (χ1) is 29.0. The number of nitrogens with one attached hydrogen (secondary N) is 1. The number of rotatable bonds is 8. The van der Waals surface area contributed by atoms with E-state index in [1.807, 2.05) is 6.21 Å². The molecule has 9 unspecified atom stereocenters. The van der Waals surface area contributed by atoms with Crippen LogP contribution in [-0.4, -0.2) is 106 Å². The number of β-amino-alcohol motifs (C(OH)–C–C–N with tert-alkyl or cyclic N) is 1. The quantitative estimate of drug-likeness (QED) is 0.130. The monoisotopic (exact) mass is 854 g/mol. The Morgan fingerprint density at radius 2 is 1.92 bits per heavy atom. The number of hydrogen-bond acceptors (Lipinski definition) is 13. The molecule has 60 heavy (non-hydrogen) atoms. The van der Waals surface area contributed by atoms with Crippen molar-refractivity contribution >= 4 is 50.7 Å². The van der Waals surface area contributed by atoms with Gasteiger partial charge in [0, 0.05) is 30.2 Å². The lowest BCUT2D eigenvalue weighted by Crippen LogP contribution is -2.72. The molecule has 12 nitrogen and oxygen atoms in total. The molecule has 0 aromatic heterocycles. The van der Waals surface area contributed by atoms with Gasteiger partial charge in [0.2, 0.25) is 6.29 Å². The lowest BCUT2D eigenvalue weighted by Gasteiger charge is -2.49. The maximum absolute atomic E-state index is 12.7. The van der Waals surface area contributed by atoms with Crippen LogP contribution in [0.25, 0.3) is 16.9 Å². The molecule has 5 aliphatic rings. The van der Waals surface area contributed by atoms with Crippen molar-refractivity contribution in [3.8, 4) is 17.2 Å². The van der Waals surface area contributed by atoms with E-state index >= 15 is 0 Å². The highest BCUT2D eigenvalue weighted by Gasteiger charge is 2.59. The zero-order valence-corrected chi connectivity index (χ0v) is 35.0. The van der Waals surface area contributed by atoms with Crippen molar-refractivity contribution in [3.05, 3.63) is 119 Å². The van der Waals surface area contributed by atoms with Gasteiger partial charge in [0.25, 0.3) is 0 Å². The SMILES string of the molecule is CC1C=CC(=CCC(C)C2CNCC3(O)C(Oc4ccc5c(c4)OCC(c4ccc(O)cc4)=C5O)OC(C(=O)O)C(O)C3OCSSCC2C2=CCN=C2)c2ccccc21. The van der Waals surface area contributed by atoms with Crippen molar-refractivity contribution < 1.29 is 49.3 Å². The van der Waals surface area contributed by atoms with Crippen LogP contribution >= 0.6 is 21.6 Å². The van der Waals surface area contributed by atoms with E-state index in [-0.39, 0.29) is 54.1 Å². The van der Waals surface area contributed by atoms with Gasteiger partial charge in [-0.3, -0.25) is 4.99 Å². The number of phenols is 1. The van der Waals surface area contributed by atoms with E-state index < -0.39 is 36.2 Å². The van der Waals surface area contributed by atoms with Gasteiger partial charge in [-0.2, -0.15) is 0 Å². The number of aliphatic hydroxyl groups excluding tert-OH is 2. The molecule has 14 heteroatoms. The molecule has 1 aliphatic carbocycles. The third kappa shape index (κ3) is 8.64. The fourth-order valence-electron chi connectivity index (χ4n) is 8.74. The molecule has 0 amide bonds. The summed E-state index contributed by atoms with van der Waals surface area (Å²) in [5.41, 5.74) is 4.47. The molecule has 4 heterocycles. The zero-order chi connectivity index (χ0) is 42.0. The van der Waals surface area contributed by atoms with Crippen LogP contribution in [0.2, 0.25) is 0 Å². The maximum Gasteiger partial charge on any atom is 0.335 e. The fraction of sp³-hybridized carbons (Fsp3) is 0.391. The van der Waals surface area contributed by atoms with E-state index in [0.29, 0.717) is 41.5 Å². The Morgan fingerprint density at radius 3 is 2.70 bits per heavy atom. The molecule has 2 saturated heterocycles. The maximum atomic E-state index is 12.7. The number of nitrogens with zero attached hydrogens (tertiary/aromatic N) is 1. The number of aromatic hydroxyl groups is 1. The number of phenolic OH excluding ortho intramolecular Hbond substituents is 1. The number of hydrogen-bond donors (Lipinski definition) is 6. The summed E-state index contributed by atoms with van der Waals surface area (Å²) in [6.45, 7) is 5.43. The van der Waals surface area contributed by atoms with Gasteiger partial charge in [0.1, 0.15) is 47.8 Å². The molecule has 8 rings (SSSR count). The van der Waals surface area contributed by atoms with Gasteiger partial charge in [-0.05, 0) is 88.7 Å². The zero-order valence-electron chi connectivity index (χ0n) is 33.3. The summed E-state index contributed by atoms with van der Waals surface area (Å²) in [6, 6.07) is 19.6. The van der Waals surface area contributed by atoms with Crippen LogP contribution < -0.4 is 14.8 Å². The number of aliphatic carboxylic acids is 1. The van der Waals surface area contributed by atoms with Crippen LogP contribution in [0.4, 0.5) is 0 Å². The molecule has 6 N–H and O–H groups in total. The number of carboxylic acid groups (broad SMARTS) is 1. The van der Waals surface area contributed by atoms with Crippen LogP contribution in [0, 0.1) is 17.8 Å². The largest absolute Gasteiger partial charge is 0.508 e. The average Bonchev–Trinajstić information content (AvgIpc) is 3.78. The second-order valence-corrected chi connectivity index (χ2v) is 18.4. The van der Waals surface area contributed by atoms with Gasteiger partial charge in [-0.25, -0.2) is 4.79 Å². The van der Waals surface area contributed by atoms with E-state index in [2.05, 4.69) is 72.7 Å². The minimum absolute atomic E-state index is 0.00464. The molecule has 3 aromatic carbocycles.